The summed E-state index contributed by atoms with van der Waals surface area (Å²) in [5, 5.41) is 6.39. The molecule has 0 aliphatic carbocycles. The van der Waals surface area contributed by atoms with E-state index in [1.54, 1.807) is 0 Å². The van der Waals surface area contributed by atoms with E-state index in [1.807, 2.05) is 26.0 Å². The summed E-state index contributed by atoms with van der Waals surface area (Å²) >= 11 is 0. The van der Waals surface area contributed by atoms with Gasteiger partial charge in [0, 0.05) is 18.8 Å². The maximum atomic E-state index is 11.3. The largest absolute Gasteiger partial charge is 0.492 e. The second kappa shape index (κ2) is 13.2. The van der Waals surface area contributed by atoms with Crippen molar-refractivity contribution in [3.05, 3.63) is 29.8 Å². The highest BCUT2D eigenvalue weighted by molar-refractivity contribution is 14.0. The molecule has 0 amide bonds. The molecule has 1 unspecified atom stereocenters. The van der Waals surface area contributed by atoms with E-state index < -0.39 is 9.84 Å². The van der Waals surface area contributed by atoms with Gasteiger partial charge in [-0.05, 0) is 43.9 Å². The Kier molecular flexibility index (Phi) is 12.7. The van der Waals surface area contributed by atoms with Crippen LogP contribution in [0.3, 0.4) is 0 Å². The Bertz CT molecular complexity index is 661. The second-order valence-electron chi connectivity index (χ2n) is 6.80. The molecule has 0 bridgehead atoms. The molecule has 0 saturated carbocycles. The minimum atomic E-state index is -2.95. The van der Waals surface area contributed by atoms with Gasteiger partial charge in [-0.3, -0.25) is 0 Å². The van der Waals surface area contributed by atoms with E-state index in [2.05, 4.69) is 41.6 Å². The van der Waals surface area contributed by atoms with Crippen molar-refractivity contribution < 1.29 is 13.2 Å². The van der Waals surface area contributed by atoms with Gasteiger partial charge in [-0.25, -0.2) is 13.4 Å². The van der Waals surface area contributed by atoms with Crippen LogP contribution in [-0.2, 0) is 9.84 Å². The number of benzene rings is 1. The summed E-state index contributed by atoms with van der Waals surface area (Å²) in [6.07, 6.45) is 1.80. The van der Waals surface area contributed by atoms with Gasteiger partial charge >= 0.3 is 0 Å². The molecule has 1 rings (SSSR count). The van der Waals surface area contributed by atoms with Crippen LogP contribution in [0.15, 0.2) is 29.3 Å². The Balaban J connectivity index is 0.00000676. The standard InChI is InChI=1S/C19H33N3O3S.HI/c1-6-20-19(22-16(4)11-14-26(5,23)24)21-12-13-25-18-9-7-17(8-10-18)15(2)3;/h7-10,15-16H,6,11-14H2,1-5H3,(H2,20,21,22);1H. The first-order chi connectivity index (χ1) is 12.2. The lowest BCUT2D eigenvalue weighted by atomic mass is 10.0. The number of hydrogen-bond acceptors (Lipinski definition) is 4. The maximum absolute atomic E-state index is 11.3. The molecule has 1 aromatic rings. The van der Waals surface area contributed by atoms with Crippen molar-refractivity contribution >= 4 is 39.8 Å². The van der Waals surface area contributed by atoms with Gasteiger partial charge in [0.2, 0.25) is 0 Å². The van der Waals surface area contributed by atoms with Crippen LogP contribution in [0.2, 0.25) is 0 Å². The van der Waals surface area contributed by atoms with Crippen LogP contribution < -0.4 is 15.4 Å². The van der Waals surface area contributed by atoms with Gasteiger partial charge in [-0.15, -0.1) is 24.0 Å². The molecule has 6 nitrogen and oxygen atoms in total. The van der Waals surface area contributed by atoms with Crippen LogP contribution >= 0.6 is 24.0 Å². The topological polar surface area (TPSA) is 79.8 Å². The number of nitrogens with one attached hydrogen (secondary N) is 2. The summed E-state index contributed by atoms with van der Waals surface area (Å²) in [7, 11) is -2.95. The molecule has 2 N–H and O–H groups in total. The zero-order valence-electron chi connectivity index (χ0n) is 17.0. The predicted molar refractivity (Wildman–Crippen MR) is 124 cm³/mol. The van der Waals surface area contributed by atoms with Crippen molar-refractivity contribution in [3.63, 3.8) is 0 Å². The Morgan fingerprint density at radius 1 is 1.19 bits per heavy atom. The van der Waals surface area contributed by atoms with Crippen LogP contribution in [0, 0.1) is 0 Å². The van der Waals surface area contributed by atoms with Gasteiger partial charge in [-0.2, -0.15) is 0 Å². The second-order valence-corrected chi connectivity index (χ2v) is 9.06. The van der Waals surface area contributed by atoms with Crippen LogP contribution in [0.25, 0.3) is 0 Å². The fraction of sp³-hybridized carbons (Fsp3) is 0.632. The van der Waals surface area contributed by atoms with Crippen LogP contribution in [0.4, 0.5) is 0 Å². The van der Waals surface area contributed by atoms with Gasteiger partial charge < -0.3 is 15.4 Å². The number of aliphatic imine (C=N–C) groups is 1. The summed E-state index contributed by atoms with van der Waals surface area (Å²) in [4.78, 5) is 4.48. The highest BCUT2D eigenvalue weighted by atomic mass is 127. The average molecular weight is 511 g/mol. The Labute approximate surface area is 181 Å². The van der Waals surface area contributed by atoms with Crippen molar-refractivity contribution in [3.8, 4) is 5.75 Å². The molecule has 0 saturated heterocycles. The quantitative estimate of drug-likeness (QED) is 0.218. The molecule has 0 radical (unpaired) electrons. The number of halogens is 1. The lowest BCUT2D eigenvalue weighted by Gasteiger charge is -2.17. The fourth-order valence-electron chi connectivity index (χ4n) is 2.29. The van der Waals surface area contributed by atoms with Crippen LogP contribution in [0.1, 0.15) is 45.6 Å². The summed E-state index contributed by atoms with van der Waals surface area (Å²) in [6.45, 7) is 10.0. The van der Waals surface area contributed by atoms with Gasteiger partial charge in [0.1, 0.15) is 22.2 Å². The highest BCUT2D eigenvalue weighted by Gasteiger charge is 2.09. The van der Waals surface area contributed by atoms with Crippen molar-refractivity contribution in [1.82, 2.24) is 10.6 Å². The lowest BCUT2D eigenvalue weighted by molar-refractivity contribution is 0.328. The van der Waals surface area contributed by atoms with E-state index >= 15 is 0 Å². The monoisotopic (exact) mass is 511 g/mol. The number of ether oxygens (including phenoxy) is 1. The smallest absolute Gasteiger partial charge is 0.191 e. The zero-order chi connectivity index (χ0) is 19.6. The Hall–Kier alpha value is -1.03. The van der Waals surface area contributed by atoms with E-state index in [0.29, 0.717) is 31.4 Å². The van der Waals surface area contributed by atoms with Crippen LogP contribution in [-0.4, -0.2) is 52.1 Å². The van der Waals surface area contributed by atoms with Gasteiger partial charge in [-0.1, -0.05) is 26.0 Å². The van der Waals surface area contributed by atoms with Gasteiger partial charge in [0.05, 0.1) is 12.3 Å². The summed E-state index contributed by atoms with van der Waals surface area (Å²) in [5.41, 5.74) is 1.29. The molecule has 0 heterocycles. The predicted octanol–water partition coefficient (Wildman–Crippen LogP) is 3.19. The molecule has 0 fully saturated rings. The first-order valence-corrected chi connectivity index (χ1v) is 11.2. The van der Waals surface area contributed by atoms with E-state index in [-0.39, 0.29) is 35.8 Å². The first kappa shape index (κ1) is 26.0. The molecule has 1 aromatic carbocycles. The van der Waals surface area contributed by atoms with Crippen molar-refractivity contribution in [2.75, 3.05) is 31.7 Å². The molecular formula is C19H34IN3O3S. The summed E-state index contributed by atoms with van der Waals surface area (Å²) < 4.78 is 28.2. The lowest BCUT2D eigenvalue weighted by Crippen LogP contribution is -2.43. The number of guanidine groups is 1. The highest BCUT2D eigenvalue weighted by Crippen LogP contribution is 2.18. The average Bonchev–Trinajstić information content (AvgIpc) is 2.57. The van der Waals surface area contributed by atoms with Crippen molar-refractivity contribution in [2.45, 2.75) is 46.1 Å². The number of hydrogen-bond donors (Lipinski definition) is 2. The fourth-order valence-corrected chi connectivity index (χ4v) is 3.07. The third-order valence-electron chi connectivity index (χ3n) is 3.83. The van der Waals surface area contributed by atoms with E-state index in [1.165, 1.54) is 11.8 Å². The third-order valence-corrected chi connectivity index (χ3v) is 4.80. The summed E-state index contributed by atoms with van der Waals surface area (Å²) in [6, 6.07) is 8.15. The molecule has 156 valence electrons. The normalized spacial score (nSPS) is 13.0. The van der Waals surface area contributed by atoms with Crippen molar-refractivity contribution in [1.29, 1.82) is 0 Å². The van der Waals surface area contributed by atoms with E-state index in [4.69, 9.17) is 4.74 Å². The molecule has 8 heteroatoms. The van der Waals surface area contributed by atoms with E-state index in [9.17, 15) is 8.42 Å². The molecule has 1 atom stereocenters. The molecule has 27 heavy (non-hydrogen) atoms. The number of nitrogens with zero attached hydrogens (tertiary/aromatic N) is 1. The minimum absolute atomic E-state index is 0. The maximum Gasteiger partial charge on any atom is 0.191 e. The molecule has 0 spiro atoms. The van der Waals surface area contributed by atoms with Crippen LogP contribution in [0.5, 0.6) is 5.75 Å². The van der Waals surface area contributed by atoms with Gasteiger partial charge in [0.25, 0.3) is 0 Å². The van der Waals surface area contributed by atoms with E-state index in [0.717, 1.165) is 12.3 Å². The molecule has 0 aliphatic heterocycles. The Morgan fingerprint density at radius 3 is 2.33 bits per heavy atom. The van der Waals surface area contributed by atoms with Gasteiger partial charge in [0.15, 0.2) is 5.96 Å². The Morgan fingerprint density at radius 2 is 1.81 bits per heavy atom. The number of sulfone groups is 1. The molecule has 0 aromatic heterocycles. The molecule has 0 aliphatic rings. The molecular weight excluding hydrogens is 477 g/mol. The summed E-state index contributed by atoms with van der Waals surface area (Å²) in [5.74, 6) is 2.18. The zero-order valence-corrected chi connectivity index (χ0v) is 20.1. The first-order valence-electron chi connectivity index (χ1n) is 9.16. The van der Waals surface area contributed by atoms with Crippen molar-refractivity contribution in [2.24, 2.45) is 4.99 Å². The third kappa shape index (κ3) is 12.1. The SMILES string of the molecule is CCNC(=NCCOc1ccc(C(C)C)cc1)NC(C)CCS(C)(=O)=O.I. The number of rotatable bonds is 10. The minimum Gasteiger partial charge on any atom is -0.492 e.